The molecule has 1 aliphatic carbocycles. The third-order valence-electron chi connectivity index (χ3n) is 4.74. The number of piperazine rings is 1. The molecule has 2 aromatic heterocycles. The van der Waals surface area contributed by atoms with Gasteiger partial charge in [-0.3, -0.25) is 0 Å². The molecule has 0 N–H and O–H groups in total. The molecule has 1 saturated carbocycles. The number of hydrogen-bond donors (Lipinski definition) is 0. The third kappa shape index (κ3) is 3.56. The fourth-order valence-electron chi connectivity index (χ4n) is 3.21. The Labute approximate surface area is 153 Å². The van der Waals surface area contributed by atoms with Crippen molar-refractivity contribution >= 4 is 10.0 Å². The van der Waals surface area contributed by atoms with Gasteiger partial charge in [0.1, 0.15) is 6.26 Å². The van der Waals surface area contributed by atoms with E-state index in [-0.39, 0.29) is 5.09 Å². The first-order chi connectivity index (χ1) is 12.4. The van der Waals surface area contributed by atoms with Crippen LogP contribution in [0.3, 0.4) is 0 Å². The molecule has 0 bridgehead atoms. The largest absolute Gasteiger partial charge is 0.451 e. The van der Waals surface area contributed by atoms with Gasteiger partial charge in [-0.2, -0.15) is 4.31 Å². The van der Waals surface area contributed by atoms with Gasteiger partial charge in [-0.15, -0.1) is 10.2 Å². The van der Waals surface area contributed by atoms with Crippen molar-refractivity contribution in [1.82, 2.24) is 19.4 Å². The maximum atomic E-state index is 12.8. The molecule has 2 aromatic rings. The minimum absolute atomic E-state index is 0.0732. The van der Waals surface area contributed by atoms with Crippen LogP contribution in [0.15, 0.2) is 26.3 Å². The molecule has 4 rings (SSSR count). The quantitative estimate of drug-likeness (QED) is 0.758. The van der Waals surface area contributed by atoms with Gasteiger partial charge in [0, 0.05) is 44.7 Å². The predicted molar refractivity (Wildman–Crippen MR) is 94.0 cm³/mol. The highest BCUT2D eigenvalue weighted by molar-refractivity contribution is 7.89. The topological polar surface area (TPSA) is 92.7 Å². The molecule has 8 nitrogen and oxygen atoms in total. The van der Waals surface area contributed by atoms with Crippen molar-refractivity contribution in [3.8, 4) is 11.5 Å². The lowest BCUT2D eigenvalue weighted by Gasteiger charge is -2.34. The lowest BCUT2D eigenvalue weighted by molar-refractivity contribution is 0.171. The van der Waals surface area contributed by atoms with E-state index in [1.807, 2.05) is 0 Å². The highest BCUT2D eigenvalue weighted by atomic mass is 32.2. The summed E-state index contributed by atoms with van der Waals surface area (Å²) < 4.78 is 38.1. The van der Waals surface area contributed by atoms with E-state index in [0.717, 1.165) is 32.5 Å². The normalized spacial score (nSPS) is 20.1. The number of rotatable bonds is 6. The van der Waals surface area contributed by atoms with Crippen LogP contribution in [0.5, 0.6) is 0 Å². The van der Waals surface area contributed by atoms with Gasteiger partial charge in [-0.25, -0.2) is 8.42 Å². The second kappa shape index (κ2) is 6.79. The molecule has 1 aliphatic heterocycles. The zero-order valence-electron chi connectivity index (χ0n) is 15.1. The van der Waals surface area contributed by atoms with Crippen LogP contribution in [0.1, 0.15) is 38.5 Å². The molecule has 0 radical (unpaired) electrons. The van der Waals surface area contributed by atoms with E-state index in [1.54, 1.807) is 0 Å². The van der Waals surface area contributed by atoms with Gasteiger partial charge < -0.3 is 13.7 Å². The molecule has 26 heavy (non-hydrogen) atoms. The molecule has 3 heterocycles. The van der Waals surface area contributed by atoms with Crippen molar-refractivity contribution < 1.29 is 17.3 Å². The molecule has 0 atom stereocenters. The van der Waals surface area contributed by atoms with Gasteiger partial charge >= 0.3 is 0 Å². The molecular weight excluding hydrogens is 356 g/mol. The zero-order chi connectivity index (χ0) is 18.3. The van der Waals surface area contributed by atoms with E-state index >= 15 is 0 Å². The van der Waals surface area contributed by atoms with E-state index in [2.05, 4.69) is 28.9 Å². The van der Waals surface area contributed by atoms with Gasteiger partial charge in [0.05, 0.1) is 5.56 Å². The van der Waals surface area contributed by atoms with Gasteiger partial charge in [-0.05, 0) is 18.8 Å². The van der Waals surface area contributed by atoms with Crippen LogP contribution in [-0.4, -0.2) is 60.5 Å². The maximum absolute atomic E-state index is 12.8. The summed E-state index contributed by atoms with van der Waals surface area (Å²) in [5.41, 5.74) is 0.501. The van der Waals surface area contributed by atoms with Crippen molar-refractivity contribution in [3.63, 3.8) is 0 Å². The van der Waals surface area contributed by atoms with Crippen LogP contribution in [0, 0.1) is 5.92 Å². The Morgan fingerprint density at radius 2 is 1.92 bits per heavy atom. The Morgan fingerprint density at radius 1 is 1.19 bits per heavy atom. The van der Waals surface area contributed by atoms with E-state index < -0.39 is 10.0 Å². The first kappa shape index (κ1) is 17.7. The summed E-state index contributed by atoms with van der Waals surface area (Å²) in [6.45, 7) is 7.73. The van der Waals surface area contributed by atoms with Crippen molar-refractivity contribution in [2.24, 2.45) is 5.92 Å². The molecule has 0 unspecified atom stereocenters. The standard InChI is InChI=1S/C17H24N4O4S/c1-12(2)10-20-5-7-21(8-6-20)26(22,23)15-9-14(11-24-15)17-19-18-16(25-17)13-3-4-13/h9,11-13H,3-8,10H2,1-2H3. The van der Waals surface area contributed by atoms with Crippen LogP contribution in [0.25, 0.3) is 11.5 Å². The average Bonchev–Trinajstić information content (AvgIpc) is 3.12. The SMILES string of the molecule is CC(C)CN1CCN(S(=O)(=O)c2cc(-c3nnc(C4CC4)o3)co2)CC1. The second-order valence-corrected chi connectivity index (χ2v) is 9.34. The molecule has 2 fully saturated rings. The molecule has 0 spiro atoms. The number of nitrogens with zero attached hydrogens (tertiary/aromatic N) is 4. The highest BCUT2D eigenvalue weighted by Gasteiger charge is 2.33. The van der Waals surface area contributed by atoms with E-state index in [4.69, 9.17) is 8.83 Å². The molecule has 9 heteroatoms. The molecule has 142 valence electrons. The van der Waals surface area contributed by atoms with Gasteiger partial charge in [0.15, 0.2) is 0 Å². The summed E-state index contributed by atoms with van der Waals surface area (Å²) in [5, 5.41) is 7.95. The predicted octanol–water partition coefficient (Wildman–Crippen LogP) is 2.17. The van der Waals surface area contributed by atoms with Crippen molar-refractivity contribution in [2.75, 3.05) is 32.7 Å². The summed E-state index contributed by atoms with van der Waals surface area (Å²) in [6, 6.07) is 1.47. The second-order valence-electron chi connectivity index (χ2n) is 7.47. The fourth-order valence-corrected chi connectivity index (χ4v) is 4.55. The molecule has 1 saturated heterocycles. The Bertz CT molecular complexity index is 861. The zero-order valence-corrected chi connectivity index (χ0v) is 15.9. The van der Waals surface area contributed by atoms with Crippen molar-refractivity contribution in [3.05, 3.63) is 18.2 Å². The Morgan fingerprint density at radius 3 is 2.58 bits per heavy atom. The summed E-state index contributed by atoms with van der Waals surface area (Å²) >= 11 is 0. The fraction of sp³-hybridized carbons (Fsp3) is 0.647. The van der Waals surface area contributed by atoms with E-state index in [1.165, 1.54) is 16.6 Å². The first-order valence-corrected chi connectivity index (χ1v) is 10.5. The van der Waals surface area contributed by atoms with Gasteiger partial charge in [0.25, 0.3) is 15.9 Å². The summed E-state index contributed by atoms with van der Waals surface area (Å²) in [6.07, 6.45) is 3.50. The minimum atomic E-state index is -3.65. The van der Waals surface area contributed by atoms with E-state index in [0.29, 0.717) is 42.3 Å². The number of furan rings is 1. The van der Waals surface area contributed by atoms with Crippen molar-refractivity contribution in [2.45, 2.75) is 37.7 Å². The maximum Gasteiger partial charge on any atom is 0.276 e. The molecule has 0 aromatic carbocycles. The Kier molecular flexibility index (Phi) is 4.62. The number of aromatic nitrogens is 2. The third-order valence-corrected chi connectivity index (χ3v) is 6.51. The number of sulfonamides is 1. The van der Waals surface area contributed by atoms with Crippen LogP contribution in [-0.2, 0) is 10.0 Å². The van der Waals surface area contributed by atoms with Gasteiger partial charge in [-0.1, -0.05) is 13.8 Å². The van der Waals surface area contributed by atoms with Crippen LogP contribution < -0.4 is 0 Å². The lowest BCUT2D eigenvalue weighted by Crippen LogP contribution is -2.49. The Balaban J connectivity index is 1.45. The Hall–Kier alpha value is -1.71. The summed E-state index contributed by atoms with van der Waals surface area (Å²) in [7, 11) is -3.65. The van der Waals surface area contributed by atoms with Crippen LogP contribution >= 0.6 is 0 Å². The molecule has 2 aliphatic rings. The summed E-state index contributed by atoms with van der Waals surface area (Å²) in [5.74, 6) is 1.85. The molecular formula is C17H24N4O4S. The first-order valence-electron chi connectivity index (χ1n) is 9.08. The number of hydrogen-bond acceptors (Lipinski definition) is 7. The van der Waals surface area contributed by atoms with Crippen LogP contribution in [0.2, 0.25) is 0 Å². The minimum Gasteiger partial charge on any atom is -0.451 e. The lowest BCUT2D eigenvalue weighted by atomic mass is 10.2. The smallest absolute Gasteiger partial charge is 0.276 e. The summed E-state index contributed by atoms with van der Waals surface area (Å²) in [4.78, 5) is 2.29. The van der Waals surface area contributed by atoms with E-state index in [9.17, 15) is 8.42 Å². The average molecular weight is 380 g/mol. The molecule has 0 amide bonds. The monoisotopic (exact) mass is 380 g/mol. The highest BCUT2D eigenvalue weighted by Crippen LogP contribution is 2.40. The van der Waals surface area contributed by atoms with Crippen LogP contribution in [0.4, 0.5) is 0 Å². The van der Waals surface area contributed by atoms with Crippen molar-refractivity contribution in [1.29, 1.82) is 0 Å². The van der Waals surface area contributed by atoms with Gasteiger partial charge in [0.2, 0.25) is 11.0 Å².